The van der Waals surface area contributed by atoms with Gasteiger partial charge in [0.25, 0.3) is 11.7 Å². The van der Waals surface area contributed by atoms with Crippen LogP contribution in [0.5, 0.6) is 0 Å². The number of imide groups is 1. The van der Waals surface area contributed by atoms with Crippen molar-refractivity contribution in [2.75, 3.05) is 6.54 Å². The zero-order valence-corrected chi connectivity index (χ0v) is 12.0. The SMILES string of the molecule is O=C1C(=O)N(CCCc2ccccc2)C(=O)c2ccccc21. The second-order valence-electron chi connectivity index (χ2n) is 5.23. The summed E-state index contributed by atoms with van der Waals surface area (Å²) in [5, 5.41) is 0. The highest BCUT2D eigenvalue weighted by molar-refractivity contribution is 6.49. The van der Waals surface area contributed by atoms with Crippen LogP contribution in [0.4, 0.5) is 0 Å². The van der Waals surface area contributed by atoms with Crippen molar-refractivity contribution in [1.82, 2.24) is 4.90 Å². The lowest BCUT2D eigenvalue weighted by molar-refractivity contribution is -0.124. The van der Waals surface area contributed by atoms with E-state index in [1.807, 2.05) is 30.3 Å². The molecule has 22 heavy (non-hydrogen) atoms. The fourth-order valence-electron chi connectivity index (χ4n) is 2.63. The summed E-state index contributed by atoms with van der Waals surface area (Å²) in [5.41, 5.74) is 1.66. The number of Topliss-reactive ketones (excluding diaryl/α,β-unsaturated/α-hetero) is 1. The van der Waals surface area contributed by atoms with Crippen molar-refractivity contribution in [2.45, 2.75) is 12.8 Å². The van der Waals surface area contributed by atoms with Crippen molar-refractivity contribution in [3.05, 3.63) is 71.3 Å². The van der Waals surface area contributed by atoms with Crippen molar-refractivity contribution in [1.29, 1.82) is 0 Å². The van der Waals surface area contributed by atoms with Gasteiger partial charge < -0.3 is 0 Å². The first kappa shape index (κ1) is 14.2. The summed E-state index contributed by atoms with van der Waals surface area (Å²) < 4.78 is 0. The van der Waals surface area contributed by atoms with Crippen LogP contribution in [0, 0.1) is 0 Å². The molecule has 0 fully saturated rings. The number of carbonyl (C=O) groups excluding carboxylic acids is 3. The van der Waals surface area contributed by atoms with Gasteiger partial charge in [0.15, 0.2) is 0 Å². The Morgan fingerprint density at radius 2 is 1.36 bits per heavy atom. The molecule has 2 amide bonds. The number of nitrogens with zero attached hydrogens (tertiary/aromatic N) is 1. The van der Waals surface area contributed by atoms with Crippen LogP contribution in [0.2, 0.25) is 0 Å². The number of hydrogen-bond acceptors (Lipinski definition) is 3. The molecule has 0 unspecified atom stereocenters. The Morgan fingerprint density at radius 1 is 0.727 bits per heavy atom. The molecule has 4 nitrogen and oxygen atoms in total. The van der Waals surface area contributed by atoms with Crippen LogP contribution in [0.3, 0.4) is 0 Å². The summed E-state index contributed by atoms with van der Waals surface area (Å²) in [4.78, 5) is 37.6. The molecular weight excluding hydrogens is 278 g/mol. The van der Waals surface area contributed by atoms with Crippen molar-refractivity contribution < 1.29 is 14.4 Å². The van der Waals surface area contributed by atoms with E-state index < -0.39 is 11.7 Å². The Hall–Kier alpha value is -2.75. The van der Waals surface area contributed by atoms with Gasteiger partial charge in [0.2, 0.25) is 0 Å². The monoisotopic (exact) mass is 293 g/mol. The molecule has 0 bridgehead atoms. The number of amides is 2. The average Bonchev–Trinajstić information content (AvgIpc) is 2.57. The fourth-order valence-corrected chi connectivity index (χ4v) is 2.63. The van der Waals surface area contributed by atoms with E-state index >= 15 is 0 Å². The predicted octanol–water partition coefficient (Wildman–Crippen LogP) is 2.48. The van der Waals surface area contributed by atoms with E-state index in [2.05, 4.69) is 0 Å². The van der Waals surface area contributed by atoms with Crippen LogP contribution < -0.4 is 0 Å². The molecule has 2 aromatic rings. The van der Waals surface area contributed by atoms with E-state index in [1.165, 1.54) is 6.07 Å². The van der Waals surface area contributed by atoms with Crippen LogP contribution in [0.1, 0.15) is 32.7 Å². The largest absolute Gasteiger partial charge is 0.301 e. The second-order valence-corrected chi connectivity index (χ2v) is 5.23. The topological polar surface area (TPSA) is 54.5 Å². The van der Waals surface area contributed by atoms with E-state index in [4.69, 9.17) is 0 Å². The van der Waals surface area contributed by atoms with Crippen molar-refractivity contribution in [2.24, 2.45) is 0 Å². The number of fused-ring (bicyclic) bond motifs is 1. The molecule has 0 N–H and O–H groups in total. The lowest BCUT2D eigenvalue weighted by Gasteiger charge is -2.25. The maximum Gasteiger partial charge on any atom is 0.301 e. The third-order valence-corrected chi connectivity index (χ3v) is 3.78. The van der Waals surface area contributed by atoms with Gasteiger partial charge in [-0.25, -0.2) is 0 Å². The first-order chi connectivity index (χ1) is 10.7. The van der Waals surface area contributed by atoms with E-state index in [0.29, 0.717) is 12.0 Å². The highest BCUT2D eigenvalue weighted by Gasteiger charge is 2.36. The van der Waals surface area contributed by atoms with Gasteiger partial charge >= 0.3 is 5.91 Å². The maximum absolute atomic E-state index is 12.4. The first-order valence-electron chi connectivity index (χ1n) is 7.22. The van der Waals surface area contributed by atoms with Gasteiger partial charge in [-0.05, 0) is 24.5 Å². The lowest BCUT2D eigenvalue weighted by atomic mass is 9.97. The Balaban J connectivity index is 1.73. The minimum Gasteiger partial charge on any atom is -0.283 e. The van der Waals surface area contributed by atoms with E-state index in [0.717, 1.165) is 16.9 Å². The zero-order valence-electron chi connectivity index (χ0n) is 12.0. The number of benzene rings is 2. The molecule has 1 aliphatic rings. The van der Waals surface area contributed by atoms with Crippen LogP contribution in [0.25, 0.3) is 0 Å². The number of ketones is 1. The Kier molecular flexibility index (Phi) is 3.83. The van der Waals surface area contributed by atoms with Crippen LogP contribution in [-0.2, 0) is 11.2 Å². The lowest BCUT2D eigenvalue weighted by Crippen LogP contribution is -2.46. The zero-order chi connectivity index (χ0) is 15.5. The van der Waals surface area contributed by atoms with Crippen LogP contribution in [0.15, 0.2) is 54.6 Å². The molecule has 0 atom stereocenters. The molecule has 0 spiro atoms. The van der Waals surface area contributed by atoms with Gasteiger partial charge in [-0.2, -0.15) is 0 Å². The molecule has 0 aromatic heterocycles. The molecule has 1 aliphatic heterocycles. The third kappa shape index (κ3) is 2.55. The molecular formula is C18H15NO3. The fraction of sp³-hybridized carbons (Fsp3) is 0.167. The number of aryl methyl sites for hydroxylation is 1. The molecule has 0 radical (unpaired) electrons. The molecule has 2 aromatic carbocycles. The maximum atomic E-state index is 12.4. The van der Waals surface area contributed by atoms with Gasteiger partial charge in [-0.1, -0.05) is 48.5 Å². The standard InChI is InChI=1S/C18H15NO3/c20-16-14-10-4-5-11-15(14)17(21)19(18(16)22)12-6-9-13-7-2-1-3-8-13/h1-5,7-8,10-11H,6,9,12H2. The van der Waals surface area contributed by atoms with E-state index in [9.17, 15) is 14.4 Å². The molecule has 0 saturated heterocycles. The van der Waals surface area contributed by atoms with Gasteiger partial charge in [-0.3, -0.25) is 19.3 Å². The Bertz CT molecular complexity index is 737. The summed E-state index contributed by atoms with van der Waals surface area (Å²) in [7, 11) is 0. The first-order valence-corrected chi connectivity index (χ1v) is 7.22. The highest BCUT2D eigenvalue weighted by atomic mass is 16.2. The van der Waals surface area contributed by atoms with Crippen molar-refractivity contribution >= 4 is 17.6 Å². The normalized spacial score (nSPS) is 14.2. The molecule has 4 heteroatoms. The second kappa shape index (κ2) is 5.93. The van der Waals surface area contributed by atoms with Gasteiger partial charge in [-0.15, -0.1) is 0 Å². The molecule has 3 rings (SSSR count). The Morgan fingerprint density at radius 3 is 2.09 bits per heavy atom. The quantitative estimate of drug-likeness (QED) is 0.643. The number of rotatable bonds is 4. The summed E-state index contributed by atoms with van der Waals surface area (Å²) in [6.07, 6.45) is 1.39. The van der Waals surface area contributed by atoms with E-state index in [1.54, 1.807) is 18.2 Å². The van der Waals surface area contributed by atoms with Gasteiger partial charge in [0, 0.05) is 12.1 Å². The van der Waals surface area contributed by atoms with Crippen LogP contribution in [-0.4, -0.2) is 29.0 Å². The highest BCUT2D eigenvalue weighted by Crippen LogP contribution is 2.20. The molecule has 0 saturated carbocycles. The minimum atomic E-state index is -0.725. The minimum absolute atomic E-state index is 0.205. The summed E-state index contributed by atoms with van der Waals surface area (Å²) in [6, 6.07) is 16.3. The van der Waals surface area contributed by atoms with E-state index in [-0.39, 0.29) is 18.0 Å². The predicted molar refractivity (Wildman–Crippen MR) is 81.6 cm³/mol. The van der Waals surface area contributed by atoms with Crippen LogP contribution >= 0.6 is 0 Å². The van der Waals surface area contributed by atoms with Gasteiger partial charge in [0.05, 0.1) is 5.56 Å². The number of carbonyl (C=O) groups is 3. The van der Waals surface area contributed by atoms with Gasteiger partial charge in [0.1, 0.15) is 0 Å². The Labute approximate surface area is 128 Å². The van der Waals surface area contributed by atoms with Crippen molar-refractivity contribution in [3.63, 3.8) is 0 Å². The molecule has 0 aliphatic carbocycles. The summed E-state index contributed by atoms with van der Waals surface area (Å²) >= 11 is 0. The third-order valence-electron chi connectivity index (χ3n) is 3.78. The number of hydrogen-bond donors (Lipinski definition) is 0. The summed E-state index contributed by atoms with van der Waals surface area (Å²) in [6.45, 7) is 0.257. The molecule has 110 valence electrons. The van der Waals surface area contributed by atoms with Crippen molar-refractivity contribution in [3.8, 4) is 0 Å². The molecule has 1 heterocycles. The summed E-state index contributed by atoms with van der Waals surface area (Å²) in [5.74, 6) is -1.71. The average molecular weight is 293 g/mol. The smallest absolute Gasteiger partial charge is 0.283 e.